The van der Waals surface area contributed by atoms with E-state index in [9.17, 15) is 8.42 Å². The van der Waals surface area contributed by atoms with E-state index in [2.05, 4.69) is 0 Å². The van der Waals surface area contributed by atoms with E-state index in [1.54, 1.807) is 18.2 Å². The van der Waals surface area contributed by atoms with Crippen molar-refractivity contribution in [2.45, 2.75) is 37.0 Å². The fourth-order valence-electron chi connectivity index (χ4n) is 2.37. The Morgan fingerprint density at radius 2 is 1.94 bits per heavy atom. The van der Waals surface area contributed by atoms with E-state index in [0.29, 0.717) is 5.92 Å². The van der Waals surface area contributed by atoms with Gasteiger partial charge in [0.1, 0.15) is 0 Å². The molecule has 16 heavy (non-hydrogen) atoms. The van der Waals surface area contributed by atoms with Crippen molar-refractivity contribution in [1.82, 2.24) is 0 Å². The molecule has 2 rings (SSSR count). The average molecular weight is 259 g/mol. The Kier molecular flexibility index (Phi) is 3.55. The van der Waals surface area contributed by atoms with Crippen LogP contribution in [0.25, 0.3) is 0 Å². The van der Waals surface area contributed by atoms with E-state index < -0.39 is 9.05 Å². The summed E-state index contributed by atoms with van der Waals surface area (Å²) in [5.74, 6) is 0.716. The summed E-state index contributed by atoms with van der Waals surface area (Å²) in [7, 11) is 1.73. The van der Waals surface area contributed by atoms with Gasteiger partial charge in [-0.15, -0.1) is 0 Å². The molecule has 0 unspecified atom stereocenters. The quantitative estimate of drug-likeness (QED) is 0.780. The van der Waals surface area contributed by atoms with Crippen LogP contribution in [-0.4, -0.2) is 8.42 Å². The van der Waals surface area contributed by atoms with Crippen LogP contribution in [0.5, 0.6) is 0 Å². The second kappa shape index (κ2) is 4.76. The van der Waals surface area contributed by atoms with E-state index in [1.807, 2.05) is 6.07 Å². The molecule has 1 aliphatic carbocycles. The molecule has 0 heterocycles. The molecule has 0 bridgehead atoms. The van der Waals surface area contributed by atoms with Crippen molar-refractivity contribution in [1.29, 1.82) is 0 Å². The van der Waals surface area contributed by atoms with Crippen molar-refractivity contribution in [3.8, 4) is 0 Å². The van der Waals surface area contributed by atoms with Crippen molar-refractivity contribution < 1.29 is 8.42 Å². The topological polar surface area (TPSA) is 34.1 Å². The van der Waals surface area contributed by atoms with Crippen molar-refractivity contribution in [2.24, 2.45) is 5.92 Å². The SMILES string of the molecule is O=S(=O)(Cl)c1cccc(CC2CCCC2)c1. The lowest BCUT2D eigenvalue weighted by atomic mass is 9.98. The minimum Gasteiger partial charge on any atom is -0.207 e. The van der Waals surface area contributed by atoms with Gasteiger partial charge in [-0.1, -0.05) is 37.8 Å². The van der Waals surface area contributed by atoms with Crippen LogP contribution in [0, 0.1) is 5.92 Å². The fraction of sp³-hybridized carbons (Fsp3) is 0.500. The number of hydrogen-bond acceptors (Lipinski definition) is 2. The van der Waals surface area contributed by atoms with Gasteiger partial charge in [-0.25, -0.2) is 8.42 Å². The van der Waals surface area contributed by atoms with E-state index in [0.717, 1.165) is 12.0 Å². The van der Waals surface area contributed by atoms with Crippen LogP contribution in [-0.2, 0) is 15.5 Å². The third-order valence-corrected chi connectivity index (χ3v) is 4.53. The van der Waals surface area contributed by atoms with Gasteiger partial charge < -0.3 is 0 Å². The highest BCUT2D eigenvalue weighted by atomic mass is 35.7. The zero-order valence-electron chi connectivity index (χ0n) is 9.02. The lowest BCUT2D eigenvalue weighted by Gasteiger charge is -2.09. The van der Waals surface area contributed by atoms with Gasteiger partial charge in [0.15, 0.2) is 0 Å². The number of hydrogen-bond donors (Lipinski definition) is 0. The normalized spacial score (nSPS) is 17.8. The van der Waals surface area contributed by atoms with Crippen LogP contribution in [0.1, 0.15) is 31.2 Å². The van der Waals surface area contributed by atoms with Crippen LogP contribution in [0.2, 0.25) is 0 Å². The highest BCUT2D eigenvalue weighted by Gasteiger charge is 2.16. The van der Waals surface area contributed by atoms with Gasteiger partial charge in [0, 0.05) is 10.7 Å². The molecule has 1 aliphatic rings. The zero-order chi connectivity index (χ0) is 11.6. The molecule has 0 atom stereocenters. The predicted octanol–water partition coefficient (Wildman–Crippen LogP) is 3.35. The molecule has 1 aromatic carbocycles. The Morgan fingerprint density at radius 1 is 1.25 bits per heavy atom. The van der Waals surface area contributed by atoms with Gasteiger partial charge in [-0.2, -0.15) is 0 Å². The van der Waals surface area contributed by atoms with Gasteiger partial charge in [-0.05, 0) is 30.0 Å². The van der Waals surface area contributed by atoms with Crippen LogP contribution < -0.4 is 0 Å². The van der Waals surface area contributed by atoms with Gasteiger partial charge >= 0.3 is 0 Å². The highest BCUT2D eigenvalue weighted by Crippen LogP contribution is 2.28. The molecular formula is C12H15ClO2S. The van der Waals surface area contributed by atoms with Crippen molar-refractivity contribution >= 4 is 19.7 Å². The first-order valence-corrected chi connectivity index (χ1v) is 7.90. The van der Waals surface area contributed by atoms with E-state index in [4.69, 9.17) is 10.7 Å². The Hall–Kier alpha value is -0.540. The Bertz CT molecular complexity index is 462. The minimum atomic E-state index is -3.59. The molecule has 88 valence electrons. The van der Waals surface area contributed by atoms with E-state index in [1.165, 1.54) is 25.7 Å². The van der Waals surface area contributed by atoms with Crippen LogP contribution >= 0.6 is 10.7 Å². The summed E-state index contributed by atoms with van der Waals surface area (Å²) in [6.07, 6.45) is 6.10. The second-order valence-corrected chi connectivity index (χ2v) is 7.01. The van der Waals surface area contributed by atoms with Gasteiger partial charge in [-0.3, -0.25) is 0 Å². The molecule has 0 saturated heterocycles. The third-order valence-electron chi connectivity index (χ3n) is 3.18. The molecule has 0 aromatic heterocycles. The summed E-state index contributed by atoms with van der Waals surface area (Å²) in [5, 5.41) is 0. The standard InChI is InChI=1S/C12H15ClO2S/c13-16(14,15)12-7-3-6-11(9-12)8-10-4-1-2-5-10/h3,6-7,9-10H,1-2,4-5,8H2. The largest absolute Gasteiger partial charge is 0.261 e. The van der Waals surface area contributed by atoms with Crippen LogP contribution in [0.3, 0.4) is 0 Å². The molecular weight excluding hydrogens is 244 g/mol. The molecule has 4 heteroatoms. The molecule has 0 radical (unpaired) electrons. The third kappa shape index (κ3) is 2.98. The number of halogens is 1. The minimum absolute atomic E-state index is 0.213. The monoisotopic (exact) mass is 258 g/mol. The average Bonchev–Trinajstić information content (AvgIpc) is 2.70. The molecule has 0 spiro atoms. The fourth-order valence-corrected chi connectivity index (χ4v) is 3.19. The maximum atomic E-state index is 11.2. The predicted molar refractivity (Wildman–Crippen MR) is 65.1 cm³/mol. The number of rotatable bonds is 3. The highest BCUT2D eigenvalue weighted by molar-refractivity contribution is 8.13. The lowest BCUT2D eigenvalue weighted by molar-refractivity contribution is 0.545. The first-order chi connectivity index (χ1) is 7.55. The lowest BCUT2D eigenvalue weighted by Crippen LogP contribution is -2.00. The molecule has 1 saturated carbocycles. The summed E-state index contributed by atoms with van der Waals surface area (Å²) in [6, 6.07) is 6.98. The van der Waals surface area contributed by atoms with E-state index in [-0.39, 0.29) is 4.90 Å². The molecule has 2 nitrogen and oxygen atoms in total. The summed E-state index contributed by atoms with van der Waals surface area (Å²) in [5.41, 5.74) is 1.08. The van der Waals surface area contributed by atoms with Crippen molar-refractivity contribution in [3.05, 3.63) is 29.8 Å². The first kappa shape index (κ1) is 11.9. The second-order valence-electron chi connectivity index (χ2n) is 4.44. The smallest absolute Gasteiger partial charge is 0.207 e. The van der Waals surface area contributed by atoms with Gasteiger partial charge in [0.25, 0.3) is 9.05 Å². The Balaban J connectivity index is 2.16. The first-order valence-electron chi connectivity index (χ1n) is 5.59. The Labute approximate surface area is 101 Å². The molecule has 1 aromatic rings. The number of benzene rings is 1. The Morgan fingerprint density at radius 3 is 2.56 bits per heavy atom. The summed E-state index contributed by atoms with van der Waals surface area (Å²) in [4.78, 5) is 0.213. The summed E-state index contributed by atoms with van der Waals surface area (Å²) in [6.45, 7) is 0. The molecule has 1 fully saturated rings. The molecule has 0 N–H and O–H groups in total. The summed E-state index contributed by atoms with van der Waals surface area (Å²) >= 11 is 0. The zero-order valence-corrected chi connectivity index (χ0v) is 10.6. The molecule has 0 amide bonds. The van der Waals surface area contributed by atoms with Crippen molar-refractivity contribution in [2.75, 3.05) is 0 Å². The van der Waals surface area contributed by atoms with Crippen LogP contribution in [0.4, 0.5) is 0 Å². The summed E-state index contributed by atoms with van der Waals surface area (Å²) < 4.78 is 22.4. The van der Waals surface area contributed by atoms with Crippen molar-refractivity contribution in [3.63, 3.8) is 0 Å². The van der Waals surface area contributed by atoms with E-state index >= 15 is 0 Å². The maximum Gasteiger partial charge on any atom is 0.261 e. The van der Waals surface area contributed by atoms with Gasteiger partial charge in [0.05, 0.1) is 4.90 Å². The maximum absolute atomic E-state index is 11.2. The van der Waals surface area contributed by atoms with Gasteiger partial charge in [0.2, 0.25) is 0 Å². The van der Waals surface area contributed by atoms with Crippen LogP contribution in [0.15, 0.2) is 29.2 Å². The molecule has 0 aliphatic heterocycles.